The third kappa shape index (κ3) is 3.11. The van der Waals surface area contributed by atoms with Gasteiger partial charge >= 0.3 is 55.6 Å². The molecule has 0 aromatic rings. The predicted octanol–water partition coefficient (Wildman–Crippen LogP) is -1.06. The molecule has 0 aromatic carbocycles. The summed E-state index contributed by atoms with van der Waals surface area (Å²) in [4.78, 5) is 10.1. The summed E-state index contributed by atoms with van der Waals surface area (Å²) in [6.07, 6.45) is 0. The van der Waals surface area contributed by atoms with Gasteiger partial charge in [0, 0.05) is 0 Å². The molecule has 0 heterocycles. The van der Waals surface area contributed by atoms with Crippen molar-refractivity contribution < 1.29 is 4.79 Å². The van der Waals surface area contributed by atoms with Crippen LogP contribution in [0, 0.1) is 0 Å². The molecule has 0 aliphatic carbocycles. The fourth-order valence-corrected chi connectivity index (χ4v) is 0.693. The first-order chi connectivity index (χ1) is 3.18. The van der Waals surface area contributed by atoms with Crippen molar-refractivity contribution in [2.45, 2.75) is 6.04 Å². The molecular weight excluding hydrogens is 177 g/mol. The van der Waals surface area contributed by atoms with E-state index in [-0.39, 0.29) is 4.68 Å². The van der Waals surface area contributed by atoms with Gasteiger partial charge in [0.15, 0.2) is 0 Å². The summed E-state index contributed by atoms with van der Waals surface area (Å²) in [6.45, 7) is 0. The van der Waals surface area contributed by atoms with Crippen molar-refractivity contribution in [2.24, 2.45) is 5.73 Å². The van der Waals surface area contributed by atoms with Crippen molar-refractivity contribution in [2.75, 3.05) is 5.75 Å². The van der Waals surface area contributed by atoms with Crippen LogP contribution in [-0.2, 0) is 4.79 Å². The normalized spacial score (nSPS) is 13.4. The fourth-order valence-electron chi connectivity index (χ4n) is 0.0745. The Morgan fingerprint density at radius 1 is 2.00 bits per heavy atom. The van der Waals surface area contributed by atoms with Gasteiger partial charge < -0.3 is 0 Å². The van der Waals surface area contributed by atoms with Gasteiger partial charge in [-0.3, -0.25) is 0 Å². The number of rotatable bonds is 2. The van der Waals surface area contributed by atoms with Gasteiger partial charge in [0.1, 0.15) is 0 Å². The summed E-state index contributed by atoms with van der Waals surface area (Å²) >= 11 is 6.07. The second-order valence-electron chi connectivity index (χ2n) is 1.11. The van der Waals surface area contributed by atoms with Gasteiger partial charge in [-0.15, -0.1) is 0 Å². The molecule has 0 bridgehead atoms. The zero-order valence-corrected chi connectivity index (χ0v) is 6.23. The van der Waals surface area contributed by atoms with Gasteiger partial charge in [-0.05, 0) is 0 Å². The quantitative estimate of drug-likeness (QED) is 0.423. The van der Waals surface area contributed by atoms with Gasteiger partial charge in [-0.25, -0.2) is 0 Å². The number of hydrogen-bond acceptors (Lipinski definition) is 3. The second-order valence-corrected chi connectivity index (χ2v) is 2.32. The van der Waals surface area contributed by atoms with Crippen molar-refractivity contribution >= 4 is 33.3 Å². The molecule has 7 heavy (non-hydrogen) atoms. The van der Waals surface area contributed by atoms with Gasteiger partial charge in [0.05, 0.1) is 0 Å². The average Bonchev–Trinajstić information content (AvgIpc) is 1.65. The molecule has 2 N–H and O–H groups in total. The Kier molecular flexibility index (Phi) is 3.74. The van der Waals surface area contributed by atoms with Crippen LogP contribution in [0.15, 0.2) is 0 Å². The van der Waals surface area contributed by atoms with Crippen LogP contribution >= 0.6 is 12.6 Å². The van der Waals surface area contributed by atoms with E-state index >= 15 is 0 Å². The first kappa shape index (κ1) is 7.50. The van der Waals surface area contributed by atoms with Crippen LogP contribution in [0.1, 0.15) is 0 Å². The molecular formula is C3H6NOSSe. The number of hydrogen-bond donors (Lipinski definition) is 2. The van der Waals surface area contributed by atoms with E-state index in [1.165, 1.54) is 0 Å². The minimum absolute atomic E-state index is 0.130. The Labute approximate surface area is 56.1 Å². The summed E-state index contributed by atoms with van der Waals surface area (Å²) < 4.78 is -0.130. The molecule has 0 spiro atoms. The van der Waals surface area contributed by atoms with Crippen LogP contribution in [-0.4, -0.2) is 32.5 Å². The number of carbonyl (C=O) groups excluding carboxylic acids is 1. The summed E-state index contributed by atoms with van der Waals surface area (Å²) in [5.41, 5.74) is 5.16. The Hall–Kier alpha value is 0.499. The van der Waals surface area contributed by atoms with E-state index in [0.29, 0.717) is 5.75 Å². The maximum absolute atomic E-state index is 10.1. The molecule has 0 saturated carbocycles. The van der Waals surface area contributed by atoms with Crippen LogP contribution in [0.3, 0.4) is 0 Å². The van der Waals surface area contributed by atoms with Crippen molar-refractivity contribution in [3.63, 3.8) is 0 Å². The Morgan fingerprint density at radius 2 is 2.43 bits per heavy atom. The number of nitrogens with two attached hydrogens (primary N) is 1. The van der Waals surface area contributed by atoms with E-state index in [4.69, 9.17) is 5.73 Å². The Morgan fingerprint density at radius 3 is 2.43 bits per heavy atom. The van der Waals surface area contributed by atoms with Crippen LogP contribution in [0.2, 0.25) is 0 Å². The third-order valence-corrected chi connectivity index (χ3v) is 1.53. The molecule has 41 valence electrons. The molecule has 0 saturated heterocycles. The number of carbonyl (C=O) groups is 1. The average molecular weight is 183 g/mol. The summed E-state index contributed by atoms with van der Waals surface area (Å²) in [6, 6.07) is -0.427. The fraction of sp³-hybridized carbons (Fsp3) is 0.667. The third-order valence-electron chi connectivity index (χ3n) is 0.499. The zero-order chi connectivity index (χ0) is 5.86. The van der Waals surface area contributed by atoms with E-state index in [1.54, 1.807) is 0 Å². The van der Waals surface area contributed by atoms with Gasteiger partial charge in [0.2, 0.25) is 0 Å². The summed E-state index contributed by atoms with van der Waals surface area (Å²) in [5.74, 6) is 0.409. The molecule has 0 unspecified atom stereocenters. The van der Waals surface area contributed by atoms with E-state index < -0.39 is 6.04 Å². The van der Waals surface area contributed by atoms with Crippen LogP contribution < -0.4 is 5.73 Å². The summed E-state index contributed by atoms with van der Waals surface area (Å²) in [7, 11) is 0. The predicted molar refractivity (Wildman–Crippen MR) is 32.6 cm³/mol. The molecule has 0 aliphatic rings. The Bertz CT molecular complexity index is 77.3. The zero-order valence-electron chi connectivity index (χ0n) is 3.63. The van der Waals surface area contributed by atoms with Gasteiger partial charge in [-0.1, -0.05) is 0 Å². The molecule has 0 fully saturated rings. The van der Waals surface area contributed by atoms with Crippen LogP contribution in [0.4, 0.5) is 0 Å². The minimum atomic E-state index is -0.427. The summed E-state index contributed by atoms with van der Waals surface area (Å²) in [5, 5.41) is 0. The molecule has 0 aromatic heterocycles. The molecule has 0 rings (SSSR count). The molecule has 1 atom stereocenters. The maximum atomic E-state index is 10.1. The monoisotopic (exact) mass is 184 g/mol. The van der Waals surface area contributed by atoms with Gasteiger partial charge in [0.25, 0.3) is 0 Å². The van der Waals surface area contributed by atoms with E-state index in [2.05, 4.69) is 28.6 Å². The first-order valence-electron chi connectivity index (χ1n) is 1.75. The number of thiol groups is 1. The Balaban J connectivity index is 3.34. The van der Waals surface area contributed by atoms with E-state index in [9.17, 15) is 4.79 Å². The van der Waals surface area contributed by atoms with Crippen molar-refractivity contribution in [3.05, 3.63) is 0 Å². The SMILES string of the molecule is N[C@@H](CS)C(=O)[Se]. The molecule has 0 amide bonds. The molecule has 1 radical (unpaired) electrons. The topological polar surface area (TPSA) is 43.1 Å². The molecule has 0 aliphatic heterocycles. The first-order valence-corrected chi connectivity index (χ1v) is 3.24. The van der Waals surface area contributed by atoms with Crippen molar-refractivity contribution in [1.82, 2.24) is 0 Å². The standard InChI is InChI=1S/C3H6NOSSe/c4-2(1-6)3(5)7/h2,6H,1,4H2/t2-/m0/s1. The van der Waals surface area contributed by atoms with E-state index in [1.807, 2.05) is 0 Å². The van der Waals surface area contributed by atoms with Crippen LogP contribution in [0.5, 0.6) is 0 Å². The molecule has 4 heteroatoms. The van der Waals surface area contributed by atoms with E-state index in [0.717, 1.165) is 0 Å². The van der Waals surface area contributed by atoms with Gasteiger partial charge in [-0.2, -0.15) is 0 Å². The van der Waals surface area contributed by atoms with Crippen molar-refractivity contribution in [1.29, 1.82) is 0 Å². The molecule has 2 nitrogen and oxygen atoms in total. The van der Waals surface area contributed by atoms with Crippen LogP contribution in [0.25, 0.3) is 0 Å². The second kappa shape index (κ2) is 3.50. The van der Waals surface area contributed by atoms with Crippen molar-refractivity contribution in [3.8, 4) is 0 Å².